The molecule has 1 amide bonds. The van der Waals surface area contributed by atoms with Gasteiger partial charge in [0.2, 0.25) is 5.91 Å². The molecule has 4 nitrogen and oxygen atoms in total. The predicted molar refractivity (Wildman–Crippen MR) is 81.9 cm³/mol. The van der Waals surface area contributed by atoms with Crippen LogP contribution in [0.5, 0.6) is 5.75 Å². The molecule has 114 valence electrons. The summed E-state index contributed by atoms with van der Waals surface area (Å²) in [6.45, 7) is 5.01. The highest BCUT2D eigenvalue weighted by Crippen LogP contribution is 2.39. The van der Waals surface area contributed by atoms with Gasteiger partial charge in [-0.15, -0.1) is 0 Å². The van der Waals surface area contributed by atoms with Crippen LogP contribution in [0.4, 0.5) is 0 Å². The van der Waals surface area contributed by atoms with Gasteiger partial charge < -0.3 is 9.64 Å². The molecule has 0 spiro atoms. The van der Waals surface area contributed by atoms with Crippen molar-refractivity contribution in [3.63, 3.8) is 0 Å². The molecule has 4 unspecified atom stereocenters. The van der Waals surface area contributed by atoms with Gasteiger partial charge in [0.1, 0.15) is 11.9 Å². The van der Waals surface area contributed by atoms with Crippen molar-refractivity contribution in [1.82, 2.24) is 10.2 Å². The van der Waals surface area contributed by atoms with Gasteiger partial charge in [0, 0.05) is 6.04 Å². The van der Waals surface area contributed by atoms with Crippen molar-refractivity contribution in [2.24, 2.45) is 11.8 Å². The average molecular weight is 288 g/mol. The lowest BCUT2D eigenvalue weighted by Gasteiger charge is -2.34. The molecule has 1 aliphatic heterocycles. The Hall–Kier alpha value is -1.55. The maximum atomic E-state index is 12.4. The van der Waals surface area contributed by atoms with Crippen molar-refractivity contribution in [3.8, 4) is 5.75 Å². The largest absolute Gasteiger partial charge is 0.497 e. The van der Waals surface area contributed by atoms with Crippen molar-refractivity contribution < 1.29 is 9.53 Å². The lowest BCUT2D eigenvalue weighted by atomic mass is 9.96. The molecule has 1 aromatic rings. The quantitative estimate of drug-likeness (QED) is 0.929. The molecule has 4 heteroatoms. The van der Waals surface area contributed by atoms with Crippen LogP contribution in [0.25, 0.3) is 0 Å². The second kappa shape index (κ2) is 5.68. The first kappa shape index (κ1) is 14.4. The van der Waals surface area contributed by atoms with E-state index in [1.54, 1.807) is 7.11 Å². The van der Waals surface area contributed by atoms with E-state index in [4.69, 9.17) is 4.74 Å². The van der Waals surface area contributed by atoms with E-state index < -0.39 is 0 Å². The Labute approximate surface area is 126 Å². The zero-order valence-electron chi connectivity index (χ0n) is 13.0. The Morgan fingerprint density at radius 1 is 1.19 bits per heavy atom. The number of nitrogens with one attached hydrogen (secondary N) is 1. The summed E-state index contributed by atoms with van der Waals surface area (Å²) in [6, 6.07) is 8.36. The summed E-state index contributed by atoms with van der Waals surface area (Å²) >= 11 is 0. The van der Waals surface area contributed by atoms with Crippen LogP contribution in [0.15, 0.2) is 24.3 Å². The molecule has 1 saturated heterocycles. The average Bonchev–Trinajstić information content (AvgIpc) is 3.03. The van der Waals surface area contributed by atoms with E-state index in [9.17, 15) is 4.79 Å². The maximum Gasteiger partial charge on any atom is 0.238 e. The molecular weight excluding hydrogens is 264 g/mol. The fourth-order valence-corrected chi connectivity index (χ4v) is 3.69. The minimum atomic E-state index is 0.00107. The van der Waals surface area contributed by atoms with Crippen molar-refractivity contribution in [2.45, 2.75) is 38.9 Å². The monoisotopic (exact) mass is 288 g/mol. The van der Waals surface area contributed by atoms with Crippen molar-refractivity contribution in [1.29, 1.82) is 0 Å². The number of hydrogen-bond donors (Lipinski definition) is 1. The number of methoxy groups -OCH3 is 1. The highest BCUT2D eigenvalue weighted by atomic mass is 16.5. The maximum absolute atomic E-state index is 12.4. The zero-order chi connectivity index (χ0) is 15.0. The zero-order valence-corrected chi connectivity index (χ0v) is 13.0. The number of carbonyl (C=O) groups is 1. The Kier molecular flexibility index (Phi) is 3.89. The molecule has 1 aliphatic carbocycles. The number of hydrogen-bond acceptors (Lipinski definition) is 3. The van der Waals surface area contributed by atoms with Crippen molar-refractivity contribution in [3.05, 3.63) is 29.8 Å². The summed E-state index contributed by atoms with van der Waals surface area (Å²) in [4.78, 5) is 14.4. The standard InChI is InChI=1S/C17H24N2O2/c1-11-4-9-15(12(11)2)19-16(20)10-18-17(19)13-5-7-14(21-3)8-6-13/h5-8,11-12,15,17-18H,4,9-10H2,1-3H3. The van der Waals surface area contributed by atoms with Gasteiger partial charge in [-0.2, -0.15) is 0 Å². The Bertz CT molecular complexity index is 514. The Balaban J connectivity index is 1.85. The molecule has 1 heterocycles. The molecule has 0 aromatic heterocycles. The van der Waals surface area contributed by atoms with Crippen LogP contribution in [0, 0.1) is 11.8 Å². The van der Waals surface area contributed by atoms with Gasteiger partial charge in [-0.25, -0.2) is 0 Å². The first-order valence-corrected chi connectivity index (χ1v) is 7.80. The number of rotatable bonds is 3. The van der Waals surface area contributed by atoms with Crippen LogP contribution >= 0.6 is 0 Å². The van der Waals surface area contributed by atoms with Crippen molar-refractivity contribution in [2.75, 3.05) is 13.7 Å². The van der Waals surface area contributed by atoms with E-state index in [0.29, 0.717) is 24.4 Å². The van der Waals surface area contributed by atoms with Gasteiger partial charge in [-0.05, 0) is 42.4 Å². The summed E-state index contributed by atoms with van der Waals surface area (Å²) in [5.74, 6) is 2.33. The number of nitrogens with zero attached hydrogens (tertiary/aromatic N) is 1. The van der Waals surface area contributed by atoms with Gasteiger partial charge in [-0.3, -0.25) is 10.1 Å². The number of carbonyl (C=O) groups excluding carboxylic acids is 1. The van der Waals surface area contributed by atoms with Crippen molar-refractivity contribution >= 4 is 5.91 Å². The Morgan fingerprint density at radius 2 is 1.90 bits per heavy atom. The third-order valence-corrected chi connectivity index (χ3v) is 5.22. The fraction of sp³-hybridized carbons (Fsp3) is 0.588. The van der Waals surface area contributed by atoms with Gasteiger partial charge >= 0.3 is 0 Å². The third kappa shape index (κ3) is 2.53. The molecule has 0 bridgehead atoms. The molecule has 2 fully saturated rings. The molecule has 2 aliphatic rings. The molecular formula is C17H24N2O2. The van der Waals surface area contributed by atoms with Crippen LogP contribution in [0.3, 0.4) is 0 Å². The summed E-state index contributed by atoms with van der Waals surface area (Å²) in [5, 5.41) is 3.36. The molecule has 4 atom stereocenters. The lowest BCUT2D eigenvalue weighted by molar-refractivity contribution is -0.131. The van der Waals surface area contributed by atoms with Crippen LogP contribution < -0.4 is 10.1 Å². The van der Waals surface area contributed by atoms with Gasteiger partial charge in [0.15, 0.2) is 0 Å². The Morgan fingerprint density at radius 3 is 2.48 bits per heavy atom. The molecule has 3 rings (SSSR count). The van der Waals surface area contributed by atoms with Crippen LogP contribution in [-0.2, 0) is 4.79 Å². The summed E-state index contributed by atoms with van der Waals surface area (Å²) in [5.41, 5.74) is 1.13. The SMILES string of the molecule is COc1ccc(C2NCC(=O)N2C2CCC(C)C2C)cc1. The highest BCUT2D eigenvalue weighted by Gasteiger charge is 2.42. The first-order valence-electron chi connectivity index (χ1n) is 7.80. The summed E-state index contributed by atoms with van der Waals surface area (Å²) < 4.78 is 5.21. The van der Waals surface area contributed by atoms with Gasteiger partial charge in [0.25, 0.3) is 0 Å². The van der Waals surface area contributed by atoms with E-state index >= 15 is 0 Å². The number of benzene rings is 1. The van der Waals surface area contributed by atoms with E-state index in [-0.39, 0.29) is 12.1 Å². The van der Waals surface area contributed by atoms with Gasteiger partial charge in [0.05, 0.1) is 13.7 Å². The van der Waals surface area contributed by atoms with Gasteiger partial charge in [-0.1, -0.05) is 26.0 Å². The minimum Gasteiger partial charge on any atom is -0.497 e. The second-order valence-electron chi connectivity index (χ2n) is 6.34. The van der Waals surface area contributed by atoms with E-state index in [0.717, 1.165) is 17.7 Å². The fourth-order valence-electron chi connectivity index (χ4n) is 3.69. The van der Waals surface area contributed by atoms with E-state index in [1.165, 1.54) is 6.42 Å². The lowest BCUT2D eigenvalue weighted by Crippen LogP contribution is -2.41. The predicted octanol–water partition coefficient (Wildman–Crippen LogP) is 2.56. The molecule has 1 N–H and O–H groups in total. The molecule has 21 heavy (non-hydrogen) atoms. The van der Waals surface area contributed by atoms with Crippen LogP contribution in [-0.4, -0.2) is 30.5 Å². The molecule has 1 aromatic carbocycles. The second-order valence-corrected chi connectivity index (χ2v) is 6.34. The smallest absolute Gasteiger partial charge is 0.238 e. The topological polar surface area (TPSA) is 41.6 Å². The normalized spacial score (nSPS) is 32.7. The number of ether oxygens (including phenoxy) is 1. The third-order valence-electron chi connectivity index (χ3n) is 5.22. The first-order chi connectivity index (χ1) is 10.1. The summed E-state index contributed by atoms with van der Waals surface area (Å²) in [6.07, 6.45) is 2.33. The minimum absolute atomic E-state index is 0.00107. The number of amides is 1. The molecule has 1 saturated carbocycles. The molecule has 0 radical (unpaired) electrons. The van der Waals surface area contributed by atoms with E-state index in [1.807, 2.05) is 24.3 Å². The van der Waals surface area contributed by atoms with Crippen LogP contribution in [0.1, 0.15) is 38.4 Å². The summed E-state index contributed by atoms with van der Waals surface area (Å²) in [7, 11) is 1.67. The highest BCUT2D eigenvalue weighted by molar-refractivity contribution is 5.81. The van der Waals surface area contributed by atoms with Crippen LogP contribution in [0.2, 0.25) is 0 Å². The van der Waals surface area contributed by atoms with E-state index in [2.05, 4.69) is 24.1 Å².